The van der Waals surface area contributed by atoms with Crippen molar-refractivity contribution in [2.75, 3.05) is 25.0 Å². The van der Waals surface area contributed by atoms with Crippen molar-refractivity contribution in [1.29, 1.82) is 0 Å². The third-order valence-corrected chi connectivity index (χ3v) is 3.99. The van der Waals surface area contributed by atoms with E-state index in [1.165, 1.54) is 6.07 Å². The van der Waals surface area contributed by atoms with E-state index in [-0.39, 0.29) is 24.4 Å². The number of anilines is 1. The number of carbonyl (C=O) groups is 1. The maximum atomic E-state index is 11.9. The number of amides is 1. The number of rotatable bonds is 3. The summed E-state index contributed by atoms with van der Waals surface area (Å²) in [6.07, 6.45) is 0.917. The molecule has 4 nitrogen and oxygen atoms in total. The quantitative estimate of drug-likeness (QED) is 0.816. The minimum Gasteiger partial charge on any atom is -0.326 e. The lowest BCUT2D eigenvalue weighted by atomic mass is 10.3. The highest BCUT2D eigenvalue weighted by Gasteiger charge is 2.21. The van der Waals surface area contributed by atoms with Gasteiger partial charge in [0.2, 0.25) is 5.91 Å². The van der Waals surface area contributed by atoms with Crippen LogP contribution in [0.5, 0.6) is 0 Å². The molecule has 0 bridgehead atoms. The Morgan fingerprint density at radius 2 is 1.95 bits per heavy atom. The SMILES string of the molecule is Cl.N[C@H]1CCN(CC(=O)Nc2cc(Cl)c(Cl)cc2Cl)C1. The fourth-order valence-electron chi connectivity index (χ4n) is 2.02. The molecule has 0 aromatic heterocycles. The molecule has 1 aromatic rings. The lowest BCUT2D eigenvalue weighted by Crippen LogP contribution is -2.33. The molecule has 0 aliphatic carbocycles. The Kier molecular flexibility index (Phi) is 6.85. The van der Waals surface area contributed by atoms with E-state index in [1.807, 2.05) is 4.90 Å². The Morgan fingerprint density at radius 1 is 1.30 bits per heavy atom. The molecular weight excluding hydrogens is 344 g/mol. The van der Waals surface area contributed by atoms with Crippen LogP contribution in [-0.4, -0.2) is 36.5 Å². The van der Waals surface area contributed by atoms with E-state index in [0.29, 0.717) is 27.3 Å². The summed E-state index contributed by atoms with van der Waals surface area (Å²) < 4.78 is 0. The van der Waals surface area contributed by atoms with Crippen molar-refractivity contribution < 1.29 is 4.79 Å². The molecule has 1 aromatic carbocycles. The average molecular weight is 359 g/mol. The van der Waals surface area contributed by atoms with Crippen LogP contribution in [0.3, 0.4) is 0 Å². The molecule has 1 saturated heterocycles. The maximum Gasteiger partial charge on any atom is 0.238 e. The first-order valence-corrected chi connectivity index (χ1v) is 7.01. The van der Waals surface area contributed by atoms with Gasteiger partial charge in [-0.1, -0.05) is 34.8 Å². The summed E-state index contributed by atoms with van der Waals surface area (Å²) in [7, 11) is 0. The van der Waals surface area contributed by atoms with Gasteiger partial charge in [0, 0.05) is 19.1 Å². The summed E-state index contributed by atoms with van der Waals surface area (Å²) in [4.78, 5) is 13.9. The third-order valence-electron chi connectivity index (χ3n) is 2.96. The van der Waals surface area contributed by atoms with Crippen LogP contribution in [0.2, 0.25) is 15.1 Å². The molecule has 3 N–H and O–H groups in total. The molecule has 2 rings (SSSR count). The Labute approximate surface area is 138 Å². The first-order valence-electron chi connectivity index (χ1n) is 5.88. The highest BCUT2D eigenvalue weighted by Crippen LogP contribution is 2.32. The van der Waals surface area contributed by atoms with Gasteiger partial charge in [-0.2, -0.15) is 0 Å². The van der Waals surface area contributed by atoms with Gasteiger partial charge in [0.1, 0.15) is 0 Å². The second kappa shape index (κ2) is 7.69. The number of nitrogens with zero attached hydrogens (tertiary/aromatic N) is 1. The smallest absolute Gasteiger partial charge is 0.238 e. The van der Waals surface area contributed by atoms with E-state index >= 15 is 0 Å². The van der Waals surface area contributed by atoms with Crippen LogP contribution in [0, 0.1) is 0 Å². The van der Waals surface area contributed by atoms with Gasteiger partial charge in [0.05, 0.1) is 27.3 Å². The van der Waals surface area contributed by atoms with E-state index in [2.05, 4.69) is 5.32 Å². The van der Waals surface area contributed by atoms with Crippen molar-refractivity contribution in [3.8, 4) is 0 Å². The van der Waals surface area contributed by atoms with Crippen LogP contribution in [0.25, 0.3) is 0 Å². The Bertz CT molecular complexity index is 498. The van der Waals surface area contributed by atoms with E-state index in [1.54, 1.807) is 6.07 Å². The summed E-state index contributed by atoms with van der Waals surface area (Å²) >= 11 is 17.7. The van der Waals surface area contributed by atoms with Crippen LogP contribution < -0.4 is 11.1 Å². The molecule has 1 fully saturated rings. The number of hydrogen-bond donors (Lipinski definition) is 2. The van der Waals surface area contributed by atoms with Crippen LogP contribution in [0.4, 0.5) is 5.69 Å². The van der Waals surface area contributed by atoms with E-state index in [9.17, 15) is 4.79 Å². The number of benzene rings is 1. The standard InChI is InChI=1S/C12H14Cl3N3O.ClH/c13-8-3-10(15)11(4-9(8)14)17-12(19)6-18-2-1-7(16)5-18;/h3-4,7H,1-2,5-6,16H2,(H,17,19);1H/t7-;/m0./s1. The molecule has 1 atom stereocenters. The molecule has 20 heavy (non-hydrogen) atoms. The summed E-state index contributed by atoms with van der Waals surface area (Å²) in [6.45, 7) is 1.87. The van der Waals surface area contributed by atoms with Crippen molar-refractivity contribution in [2.24, 2.45) is 5.73 Å². The second-order valence-corrected chi connectivity index (χ2v) is 5.80. The molecular formula is C12H15Cl4N3O. The van der Waals surface area contributed by atoms with Crippen molar-refractivity contribution in [3.05, 3.63) is 27.2 Å². The number of nitrogens with two attached hydrogens (primary N) is 1. The molecule has 1 amide bonds. The van der Waals surface area contributed by atoms with Crippen LogP contribution in [0.15, 0.2) is 12.1 Å². The highest BCUT2D eigenvalue weighted by molar-refractivity contribution is 6.44. The van der Waals surface area contributed by atoms with Gasteiger partial charge < -0.3 is 11.1 Å². The minimum absolute atomic E-state index is 0. The second-order valence-electron chi connectivity index (χ2n) is 4.58. The van der Waals surface area contributed by atoms with E-state index in [0.717, 1.165) is 19.5 Å². The van der Waals surface area contributed by atoms with E-state index < -0.39 is 0 Å². The van der Waals surface area contributed by atoms with Crippen molar-refractivity contribution >= 4 is 58.8 Å². The average Bonchev–Trinajstić information content (AvgIpc) is 2.71. The molecule has 112 valence electrons. The largest absolute Gasteiger partial charge is 0.326 e. The topological polar surface area (TPSA) is 58.4 Å². The highest BCUT2D eigenvalue weighted by atomic mass is 35.5. The molecule has 0 saturated carbocycles. The van der Waals surface area contributed by atoms with Gasteiger partial charge in [-0.05, 0) is 18.6 Å². The summed E-state index contributed by atoms with van der Waals surface area (Å²) in [5.41, 5.74) is 6.25. The summed E-state index contributed by atoms with van der Waals surface area (Å²) in [6, 6.07) is 3.20. The first-order chi connectivity index (χ1) is 8.95. The monoisotopic (exact) mass is 357 g/mol. The normalized spacial score (nSPS) is 18.7. The van der Waals surface area contributed by atoms with Crippen molar-refractivity contribution in [1.82, 2.24) is 4.90 Å². The minimum atomic E-state index is -0.144. The van der Waals surface area contributed by atoms with Gasteiger partial charge in [-0.15, -0.1) is 12.4 Å². The van der Waals surface area contributed by atoms with Gasteiger partial charge >= 0.3 is 0 Å². The maximum absolute atomic E-state index is 11.9. The fourth-order valence-corrected chi connectivity index (χ4v) is 2.61. The van der Waals surface area contributed by atoms with Crippen LogP contribution in [-0.2, 0) is 4.79 Å². The molecule has 0 unspecified atom stereocenters. The first kappa shape index (κ1) is 17.8. The fraction of sp³-hybridized carbons (Fsp3) is 0.417. The van der Waals surface area contributed by atoms with Crippen LogP contribution in [0.1, 0.15) is 6.42 Å². The molecule has 1 aliphatic heterocycles. The number of likely N-dealkylation sites (tertiary alicyclic amines) is 1. The van der Waals surface area contributed by atoms with Gasteiger partial charge in [0.25, 0.3) is 0 Å². The van der Waals surface area contributed by atoms with Gasteiger partial charge in [-0.3, -0.25) is 9.69 Å². The molecule has 0 spiro atoms. The number of hydrogen-bond acceptors (Lipinski definition) is 3. The lowest BCUT2D eigenvalue weighted by molar-refractivity contribution is -0.117. The predicted octanol–water partition coefficient (Wildman–Crippen LogP) is 3.04. The number of halogens is 4. The zero-order valence-electron chi connectivity index (χ0n) is 10.5. The van der Waals surface area contributed by atoms with Gasteiger partial charge in [0.15, 0.2) is 0 Å². The van der Waals surface area contributed by atoms with Crippen LogP contribution >= 0.6 is 47.2 Å². The molecule has 0 radical (unpaired) electrons. The lowest BCUT2D eigenvalue weighted by Gasteiger charge is -2.15. The summed E-state index contributed by atoms with van der Waals surface area (Å²) in [5.74, 6) is -0.144. The zero-order chi connectivity index (χ0) is 14.0. The van der Waals surface area contributed by atoms with Crippen molar-refractivity contribution in [3.63, 3.8) is 0 Å². The number of nitrogens with one attached hydrogen (secondary N) is 1. The van der Waals surface area contributed by atoms with E-state index in [4.69, 9.17) is 40.5 Å². The molecule has 1 heterocycles. The van der Waals surface area contributed by atoms with Crippen molar-refractivity contribution in [2.45, 2.75) is 12.5 Å². The Balaban J connectivity index is 0.00000200. The summed E-state index contributed by atoms with van der Waals surface area (Å²) in [5, 5.41) is 3.79. The number of carbonyl (C=O) groups excluding carboxylic acids is 1. The third kappa shape index (κ3) is 4.65. The zero-order valence-corrected chi connectivity index (χ0v) is 13.6. The Morgan fingerprint density at radius 3 is 2.55 bits per heavy atom. The van der Waals surface area contributed by atoms with Gasteiger partial charge in [-0.25, -0.2) is 0 Å². The molecule has 8 heteroatoms. The Hall–Kier alpha value is -0.230. The predicted molar refractivity (Wildman–Crippen MR) is 86.4 cm³/mol. The molecule has 1 aliphatic rings.